The molecule has 277 valence electrons. The van der Waals surface area contributed by atoms with E-state index in [1.807, 2.05) is 48.7 Å². The summed E-state index contributed by atoms with van der Waals surface area (Å²) in [6, 6.07) is 48.5. The van der Waals surface area contributed by atoms with Crippen LogP contribution in [0.15, 0.2) is 144 Å². The minimum atomic E-state index is -2.08. The number of nitrogens with zero attached hydrogens (tertiary/aromatic N) is 2. The number of furan rings is 1. The van der Waals surface area contributed by atoms with E-state index in [4.69, 9.17) is 11.3 Å². The molecule has 0 N–H and O–H groups in total. The van der Waals surface area contributed by atoms with E-state index < -0.39 is 21.3 Å². The third-order valence-corrected chi connectivity index (χ3v) is 12.2. The van der Waals surface area contributed by atoms with Crippen molar-refractivity contribution in [1.82, 2.24) is 9.97 Å². The minimum Gasteiger partial charge on any atom is -0.477 e. The number of hydrogen-bond donors (Lipinski definition) is 0. The number of hydrogen-bond acceptors (Lipinski definition) is 3. The third kappa shape index (κ3) is 8.81. The van der Waals surface area contributed by atoms with Crippen molar-refractivity contribution in [2.75, 3.05) is 0 Å². The molecule has 1 aliphatic rings. The van der Waals surface area contributed by atoms with Crippen molar-refractivity contribution in [2.45, 2.75) is 58.5 Å². The minimum absolute atomic E-state index is 0. The fourth-order valence-electron chi connectivity index (χ4n) is 7.17. The molecule has 0 spiro atoms. The van der Waals surface area contributed by atoms with E-state index in [0.717, 1.165) is 70.0 Å². The zero-order chi connectivity index (χ0) is 41.4. The molecule has 3 heterocycles. The van der Waals surface area contributed by atoms with Gasteiger partial charge in [-0.2, -0.15) is 0 Å². The summed E-state index contributed by atoms with van der Waals surface area (Å²) in [6.07, 6.45) is 6.38. The first-order valence-electron chi connectivity index (χ1n) is 21.3. The van der Waals surface area contributed by atoms with Gasteiger partial charge in [-0.15, -0.1) is 53.1 Å². The number of aromatic nitrogens is 2. The van der Waals surface area contributed by atoms with Gasteiger partial charge in [-0.3, -0.25) is 0 Å². The molecule has 3 nitrogen and oxygen atoms in total. The molecule has 0 unspecified atom stereocenters. The Balaban J connectivity index is 0.000000220. The van der Waals surface area contributed by atoms with Crippen LogP contribution >= 0.6 is 0 Å². The average molecular weight is 916 g/mol. The molecule has 55 heavy (non-hydrogen) atoms. The van der Waals surface area contributed by atoms with Gasteiger partial charge in [0.05, 0.1) is 13.7 Å². The van der Waals surface area contributed by atoms with Crippen molar-refractivity contribution < 1.29 is 31.4 Å². The van der Waals surface area contributed by atoms with Crippen molar-refractivity contribution in [3.63, 3.8) is 0 Å². The summed E-state index contributed by atoms with van der Waals surface area (Å²) in [4.78, 5) is 9.04. The number of rotatable bonds is 7. The third-order valence-electron chi connectivity index (χ3n) is 10.2. The Morgan fingerprint density at radius 1 is 0.764 bits per heavy atom. The molecule has 9 rings (SSSR count). The second-order valence-corrected chi connectivity index (χ2v) is 20.1. The predicted molar refractivity (Wildman–Crippen MR) is 229 cm³/mol. The van der Waals surface area contributed by atoms with Gasteiger partial charge in [-0.05, 0) is 68.6 Å². The quantitative estimate of drug-likeness (QED) is 0.118. The molecule has 0 bridgehead atoms. The van der Waals surface area contributed by atoms with Crippen molar-refractivity contribution in [3.05, 3.63) is 163 Å². The SMILES string of the molecule is [2H]C([2H])([2H])c1c[c-]c(-c2ccc([Si](C)(C)C)cn2)cc1.[2H]C([2H])(c1ccnc(-c2[c-]c3oc4cccc(-c5ccc(-c6ccccc6)cc5)c4c3cc2)c1)C1CCCC1.[Ir]. The van der Waals surface area contributed by atoms with Gasteiger partial charge in [-0.1, -0.05) is 154 Å². The number of benzene rings is 5. The van der Waals surface area contributed by atoms with Crippen LogP contribution in [-0.4, -0.2) is 18.0 Å². The van der Waals surface area contributed by atoms with Crippen LogP contribution in [0.25, 0.3) is 66.7 Å². The zero-order valence-electron chi connectivity index (χ0n) is 36.3. The summed E-state index contributed by atoms with van der Waals surface area (Å²) in [5.41, 5.74) is 10.3. The Morgan fingerprint density at radius 3 is 2.24 bits per heavy atom. The molecule has 3 aromatic heterocycles. The van der Waals surface area contributed by atoms with Gasteiger partial charge < -0.3 is 14.4 Å². The summed E-state index contributed by atoms with van der Waals surface area (Å²) in [7, 11) is -1.34. The van der Waals surface area contributed by atoms with Crippen molar-refractivity contribution in [2.24, 2.45) is 5.92 Å². The molecular weight excluding hydrogens is 865 g/mol. The average Bonchev–Trinajstić information content (AvgIpc) is 3.93. The molecule has 1 fully saturated rings. The Bertz CT molecular complexity index is 2650. The Labute approximate surface area is 347 Å². The Hall–Kier alpha value is -4.93. The topological polar surface area (TPSA) is 38.9 Å². The maximum absolute atomic E-state index is 8.81. The second kappa shape index (κ2) is 16.8. The van der Waals surface area contributed by atoms with Gasteiger partial charge in [-0.25, -0.2) is 0 Å². The van der Waals surface area contributed by atoms with Crippen LogP contribution in [0.4, 0.5) is 0 Å². The summed E-state index contributed by atoms with van der Waals surface area (Å²) in [5.74, 6) is 0.0646. The monoisotopic (exact) mass is 916 g/mol. The first-order chi connectivity index (χ1) is 28.3. The first kappa shape index (κ1) is 32.3. The van der Waals surface area contributed by atoms with Crippen LogP contribution in [0.3, 0.4) is 0 Å². The van der Waals surface area contributed by atoms with Crippen LogP contribution in [0.5, 0.6) is 0 Å². The van der Waals surface area contributed by atoms with Crippen LogP contribution < -0.4 is 5.19 Å². The molecular formula is C50H46IrN2OSi-2. The summed E-state index contributed by atoms with van der Waals surface area (Å²) < 4.78 is 45.9. The van der Waals surface area contributed by atoms with Crippen molar-refractivity contribution >= 4 is 35.2 Å². The van der Waals surface area contributed by atoms with Gasteiger partial charge in [0, 0.05) is 39.4 Å². The van der Waals surface area contributed by atoms with Crippen molar-refractivity contribution in [1.29, 1.82) is 0 Å². The summed E-state index contributed by atoms with van der Waals surface area (Å²) in [6.45, 7) is 4.76. The molecule has 0 saturated heterocycles. The summed E-state index contributed by atoms with van der Waals surface area (Å²) in [5, 5.41) is 3.39. The molecule has 0 amide bonds. The van der Waals surface area contributed by atoms with E-state index in [0.29, 0.717) is 22.4 Å². The van der Waals surface area contributed by atoms with Gasteiger partial charge >= 0.3 is 0 Å². The van der Waals surface area contributed by atoms with Gasteiger partial charge in [0.15, 0.2) is 0 Å². The number of pyridine rings is 2. The van der Waals surface area contributed by atoms with Crippen LogP contribution in [0, 0.1) is 24.9 Å². The molecule has 8 aromatic rings. The number of fused-ring (bicyclic) bond motifs is 3. The van der Waals surface area contributed by atoms with Gasteiger partial charge in [0.1, 0.15) is 5.58 Å². The van der Waals surface area contributed by atoms with E-state index in [2.05, 4.69) is 108 Å². The van der Waals surface area contributed by atoms with Gasteiger partial charge in [0.2, 0.25) is 0 Å². The molecule has 5 aromatic carbocycles. The van der Waals surface area contributed by atoms with E-state index in [1.165, 1.54) is 22.4 Å². The van der Waals surface area contributed by atoms with Gasteiger partial charge in [0.25, 0.3) is 0 Å². The van der Waals surface area contributed by atoms with E-state index in [1.54, 1.807) is 18.3 Å². The maximum atomic E-state index is 8.81. The number of aryl methyl sites for hydroxylation is 1. The van der Waals surface area contributed by atoms with Crippen LogP contribution in [0.2, 0.25) is 19.6 Å². The van der Waals surface area contributed by atoms with E-state index >= 15 is 0 Å². The largest absolute Gasteiger partial charge is 0.477 e. The van der Waals surface area contributed by atoms with Crippen LogP contribution in [0.1, 0.15) is 43.7 Å². The fraction of sp³-hybridized carbons (Fsp3) is 0.200. The molecule has 1 aliphatic carbocycles. The Morgan fingerprint density at radius 2 is 1.53 bits per heavy atom. The molecule has 0 aliphatic heterocycles. The zero-order valence-corrected chi connectivity index (χ0v) is 34.7. The standard InChI is InChI=1S/C35H28NO.C15H18NSi.Ir/c1-2-9-26(10-3-1)27-13-15-28(16-14-27)30-11-6-12-33-35(30)31-18-17-29(23-34(31)37-33)32-22-25(19-20-36-32)21-24-7-4-5-8-24;1-12-5-7-13(8-6-12)15-10-9-14(11-16-15)17(2,3)4;/h1-3,6,9-20,22,24H,4-5,7-8,21H2;5-7,9-11H,1-4H3;/q2*-1;/i21D2;1D3;. The smallest absolute Gasteiger partial charge is 0.124 e. The maximum Gasteiger partial charge on any atom is 0.124 e. The van der Waals surface area contributed by atoms with E-state index in [-0.39, 0.29) is 26.0 Å². The predicted octanol–water partition coefficient (Wildman–Crippen LogP) is 12.9. The summed E-state index contributed by atoms with van der Waals surface area (Å²) >= 11 is 0. The normalized spacial score (nSPS) is 14.9. The van der Waals surface area contributed by atoms with E-state index in [9.17, 15) is 0 Å². The fourth-order valence-corrected chi connectivity index (χ4v) is 8.21. The Kier molecular flexibility index (Phi) is 9.89. The van der Waals surface area contributed by atoms with Crippen molar-refractivity contribution in [3.8, 4) is 44.8 Å². The molecule has 1 radical (unpaired) electrons. The molecule has 0 atom stereocenters. The molecule has 1 saturated carbocycles. The second-order valence-electron chi connectivity index (χ2n) is 15.1. The molecule has 5 heteroatoms. The van der Waals surface area contributed by atoms with Crippen LogP contribution in [-0.2, 0) is 26.5 Å². The first-order valence-corrected chi connectivity index (χ1v) is 22.3.